The molecular formula is C12H18N4O3S2. The first-order valence-corrected chi connectivity index (χ1v) is 9.16. The highest BCUT2D eigenvalue weighted by Gasteiger charge is 2.18. The molecule has 1 N–H and O–H groups in total. The summed E-state index contributed by atoms with van der Waals surface area (Å²) in [5.41, 5.74) is 2.49. The van der Waals surface area contributed by atoms with Crippen molar-refractivity contribution in [3.63, 3.8) is 0 Å². The van der Waals surface area contributed by atoms with E-state index in [1.54, 1.807) is 10.9 Å². The van der Waals surface area contributed by atoms with Crippen molar-refractivity contribution < 1.29 is 14.1 Å². The molecule has 0 aliphatic carbocycles. The molecule has 0 spiro atoms. The molecule has 1 unspecified atom stereocenters. The molecule has 0 aliphatic rings. The van der Waals surface area contributed by atoms with E-state index in [0.717, 1.165) is 23.3 Å². The molecule has 0 bridgehead atoms. The maximum absolute atomic E-state index is 11.2. The standard InChI is InChI=1S/C12H18N4O3S2/c1-8-10-11(15(2)14-8)16(5-4-6-21(3)19)12(13-10)20-7-9(17)18/h4-7H2,1-3H3,(H,17,18). The first-order valence-electron chi connectivity index (χ1n) is 6.44. The summed E-state index contributed by atoms with van der Waals surface area (Å²) in [6.07, 6.45) is 2.43. The minimum absolute atomic E-state index is 0.0322. The Kier molecular flexibility index (Phi) is 5.04. The second-order valence-corrected chi connectivity index (χ2v) is 7.24. The number of carboxylic acid groups (broad SMARTS) is 1. The lowest BCUT2D eigenvalue weighted by atomic mass is 10.4. The van der Waals surface area contributed by atoms with Crippen LogP contribution in [0.5, 0.6) is 0 Å². The molecule has 1 atom stereocenters. The quantitative estimate of drug-likeness (QED) is 0.763. The van der Waals surface area contributed by atoms with Crippen molar-refractivity contribution >= 4 is 39.7 Å². The number of hydrogen-bond acceptors (Lipinski definition) is 5. The molecule has 116 valence electrons. The van der Waals surface area contributed by atoms with Gasteiger partial charge in [0.1, 0.15) is 5.52 Å². The SMILES string of the molecule is Cc1nn(C)c2c1nc(SCC(=O)O)n2CCCS(C)=O. The summed E-state index contributed by atoms with van der Waals surface area (Å²) >= 11 is 1.20. The first kappa shape index (κ1) is 16.0. The zero-order chi connectivity index (χ0) is 15.6. The largest absolute Gasteiger partial charge is 0.481 e. The second kappa shape index (κ2) is 6.61. The summed E-state index contributed by atoms with van der Waals surface area (Å²) in [4.78, 5) is 15.3. The Morgan fingerprint density at radius 3 is 2.81 bits per heavy atom. The predicted molar refractivity (Wildman–Crippen MR) is 83.1 cm³/mol. The van der Waals surface area contributed by atoms with Gasteiger partial charge in [-0.1, -0.05) is 11.8 Å². The van der Waals surface area contributed by atoms with Gasteiger partial charge in [-0.15, -0.1) is 0 Å². The van der Waals surface area contributed by atoms with Gasteiger partial charge in [0.2, 0.25) is 0 Å². The third-order valence-electron chi connectivity index (χ3n) is 2.99. The van der Waals surface area contributed by atoms with Gasteiger partial charge in [-0.3, -0.25) is 13.7 Å². The minimum atomic E-state index is -0.872. The first-order chi connectivity index (χ1) is 9.90. The normalized spacial score (nSPS) is 12.9. The van der Waals surface area contributed by atoms with Crippen LogP contribution in [0.3, 0.4) is 0 Å². The number of hydrogen-bond donors (Lipinski definition) is 1. The molecule has 2 aromatic rings. The molecule has 0 fully saturated rings. The van der Waals surface area contributed by atoms with Gasteiger partial charge in [0.15, 0.2) is 10.8 Å². The number of rotatable bonds is 7. The van der Waals surface area contributed by atoms with Gasteiger partial charge in [-0.25, -0.2) is 4.98 Å². The van der Waals surface area contributed by atoms with Crippen LogP contribution in [0, 0.1) is 6.92 Å². The monoisotopic (exact) mass is 330 g/mol. The Balaban J connectivity index is 2.33. The third-order valence-corrected chi connectivity index (χ3v) is 4.82. The van der Waals surface area contributed by atoms with Crippen molar-refractivity contribution in [3.05, 3.63) is 5.69 Å². The van der Waals surface area contributed by atoms with E-state index in [0.29, 0.717) is 17.5 Å². The van der Waals surface area contributed by atoms with Gasteiger partial charge in [0.25, 0.3) is 0 Å². The minimum Gasteiger partial charge on any atom is -0.481 e. The van der Waals surface area contributed by atoms with E-state index in [9.17, 15) is 9.00 Å². The summed E-state index contributed by atoms with van der Waals surface area (Å²) in [5.74, 6) is -0.294. The van der Waals surface area contributed by atoms with Gasteiger partial charge < -0.3 is 9.67 Å². The topological polar surface area (TPSA) is 90.0 Å². The molecule has 2 aromatic heterocycles. The Morgan fingerprint density at radius 2 is 2.19 bits per heavy atom. The van der Waals surface area contributed by atoms with Crippen LogP contribution < -0.4 is 0 Å². The molecule has 0 saturated carbocycles. The number of nitrogens with zero attached hydrogens (tertiary/aromatic N) is 4. The van der Waals surface area contributed by atoms with E-state index >= 15 is 0 Å². The molecule has 0 aromatic carbocycles. The lowest BCUT2D eigenvalue weighted by Gasteiger charge is -2.08. The van der Waals surface area contributed by atoms with Gasteiger partial charge >= 0.3 is 5.97 Å². The number of aryl methyl sites for hydroxylation is 3. The number of aromatic nitrogens is 4. The number of carbonyl (C=O) groups is 1. The fourth-order valence-electron chi connectivity index (χ4n) is 2.18. The molecule has 0 amide bonds. The van der Waals surface area contributed by atoms with E-state index < -0.39 is 16.8 Å². The smallest absolute Gasteiger partial charge is 0.313 e. The van der Waals surface area contributed by atoms with Gasteiger partial charge in [-0.05, 0) is 13.3 Å². The molecular weight excluding hydrogens is 312 g/mol. The number of thioether (sulfide) groups is 1. The fourth-order valence-corrected chi connectivity index (χ4v) is 3.46. The average molecular weight is 330 g/mol. The number of imidazole rings is 1. The molecule has 7 nitrogen and oxygen atoms in total. The summed E-state index contributed by atoms with van der Waals surface area (Å²) < 4.78 is 14.9. The van der Waals surface area contributed by atoms with E-state index in [4.69, 9.17) is 5.11 Å². The van der Waals surface area contributed by atoms with Crippen LogP contribution in [0.1, 0.15) is 12.1 Å². The zero-order valence-corrected chi connectivity index (χ0v) is 13.8. The van der Waals surface area contributed by atoms with Crippen LogP contribution in [0.2, 0.25) is 0 Å². The van der Waals surface area contributed by atoms with Crippen molar-refractivity contribution in [3.8, 4) is 0 Å². The van der Waals surface area contributed by atoms with Crippen LogP contribution in [-0.4, -0.2) is 52.4 Å². The average Bonchev–Trinajstić information content (AvgIpc) is 2.86. The van der Waals surface area contributed by atoms with Crippen LogP contribution in [0.25, 0.3) is 11.2 Å². The van der Waals surface area contributed by atoms with Crippen molar-refractivity contribution in [1.82, 2.24) is 19.3 Å². The fraction of sp³-hybridized carbons (Fsp3) is 0.583. The van der Waals surface area contributed by atoms with Gasteiger partial charge in [0, 0.05) is 36.4 Å². The van der Waals surface area contributed by atoms with E-state index in [1.165, 1.54) is 11.8 Å². The van der Waals surface area contributed by atoms with Crippen LogP contribution in [0.4, 0.5) is 0 Å². The van der Waals surface area contributed by atoms with Crippen LogP contribution in [-0.2, 0) is 29.2 Å². The highest BCUT2D eigenvalue weighted by atomic mass is 32.2. The Bertz CT molecular complexity index is 692. The molecule has 0 radical (unpaired) electrons. The Hall–Kier alpha value is -1.35. The summed E-state index contributed by atoms with van der Waals surface area (Å²) in [5, 5.41) is 13.8. The van der Waals surface area contributed by atoms with Crippen LogP contribution >= 0.6 is 11.8 Å². The molecule has 21 heavy (non-hydrogen) atoms. The van der Waals surface area contributed by atoms with Crippen LogP contribution in [0.15, 0.2) is 5.16 Å². The van der Waals surface area contributed by atoms with Crippen molar-refractivity contribution in [2.24, 2.45) is 7.05 Å². The van der Waals surface area contributed by atoms with Gasteiger partial charge in [0.05, 0.1) is 11.4 Å². The van der Waals surface area contributed by atoms with Crippen molar-refractivity contribution in [2.45, 2.75) is 25.0 Å². The van der Waals surface area contributed by atoms with E-state index in [2.05, 4.69) is 10.1 Å². The molecule has 0 saturated heterocycles. The number of fused-ring (bicyclic) bond motifs is 1. The zero-order valence-electron chi connectivity index (χ0n) is 12.2. The maximum Gasteiger partial charge on any atom is 0.313 e. The molecule has 2 rings (SSSR count). The molecule has 0 aliphatic heterocycles. The molecule has 9 heteroatoms. The lowest BCUT2D eigenvalue weighted by molar-refractivity contribution is -0.133. The Labute approximate surface area is 129 Å². The lowest BCUT2D eigenvalue weighted by Crippen LogP contribution is -2.08. The highest BCUT2D eigenvalue weighted by molar-refractivity contribution is 7.99. The third kappa shape index (κ3) is 3.65. The highest BCUT2D eigenvalue weighted by Crippen LogP contribution is 2.26. The number of aliphatic carboxylic acids is 1. The molecule has 2 heterocycles. The van der Waals surface area contributed by atoms with Crippen molar-refractivity contribution in [2.75, 3.05) is 17.8 Å². The second-order valence-electron chi connectivity index (χ2n) is 4.74. The Morgan fingerprint density at radius 1 is 1.48 bits per heavy atom. The van der Waals surface area contributed by atoms with Crippen molar-refractivity contribution in [1.29, 1.82) is 0 Å². The summed E-state index contributed by atoms with van der Waals surface area (Å²) in [6, 6.07) is 0. The van der Waals surface area contributed by atoms with Gasteiger partial charge in [-0.2, -0.15) is 5.10 Å². The summed E-state index contributed by atoms with van der Waals surface area (Å²) in [6.45, 7) is 2.53. The number of carboxylic acids is 1. The van der Waals surface area contributed by atoms with E-state index in [1.807, 2.05) is 18.5 Å². The summed E-state index contributed by atoms with van der Waals surface area (Å²) in [7, 11) is 1.01. The van der Waals surface area contributed by atoms with E-state index in [-0.39, 0.29) is 5.75 Å². The maximum atomic E-state index is 11.2. The predicted octanol–water partition coefficient (Wildman–Crippen LogP) is 1.02.